The number of carbonyl (C=O) groups excluding carboxylic acids is 3. The van der Waals surface area contributed by atoms with Gasteiger partial charge in [0.2, 0.25) is 0 Å². The molecule has 0 spiro atoms. The van der Waals surface area contributed by atoms with Crippen LogP contribution in [0.2, 0.25) is 0 Å². The molecule has 1 N–H and O–H groups in total. The van der Waals surface area contributed by atoms with E-state index >= 15 is 0 Å². The van der Waals surface area contributed by atoms with Crippen LogP contribution in [-0.2, 0) is 23.9 Å². The van der Waals surface area contributed by atoms with Crippen LogP contribution in [0, 0.1) is 0 Å². The van der Waals surface area contributed by atoms with Crippen molar-refractivity contribution in [3.05, 3.63) is 31.5 Å². The third kappa shape index (κ3) is 10.1. The van der Waals surface area contributed by atoms with Gasteiger partial charge in [-0.3, -0.25) is 4.79 Å². The van der Waals surface area contributed by atoms with Crippen molar-refractivity contribution in [1.29, 1.82) is 0 Å². The lowest BCUT2D eigenvalue weighted by Gasteiger charge is -1.86. The van der Waals surface area contributed by atoms with Crippen LogP contribution in [0.3, 0.4) is 0 Å². The van der Waals surface area contributed by atoms with E-state index in [0.717, 1.165) is 6.08 Å². The molecule has 17 heavy (non-hydrogen) atoms. The molecule has 0 aliphatic carbocycles. The number of carbonyl (C=O) groups is 3. The smallest absolute Gasteiger partial charge is 0.343 e. The van der Waals surface area contributed by atoms with E-state index in [2.05, 4.69) is 34.9 Å². The molecule has 6 heteroatoms. The zero-order chi connectivity index (χ0) is 13.8. The normalized spacial score (nSPS) is 16.2. The highest BCUT2D eigenvalue weighted by molar-refractivity contribution is 5.95. The lowest BCUT2D eigenvalue weighted by Crippen LogP contribution is -2.11. The van der Waals surface area contributed by atoms with Crippen molar-refractivity contribution >= 4 is 17.9 Å². The van der Waals surface area contributed by atoms with Crippen LogP contribution in [-0.4, -0.2) is 36.2 Å². The van der Waals surface area contributed by atoms with E-state index in [1.54, 1.807) is 0 Å². The summed E-state index contributed by atoms with van der Waals surface area (Å²) in [5, 5.41) is 8.47. The van der Waals surface area contributed by atoms with E-state index in [9.17, 15) is 14.4 Å². The first-order valence-electron chi connectivity index (χ1n) is 4.35. The maximum atomic E-state index is 10.1. The Balaban J connectivity index is 0. The highest BCUT2D eigenvalue weighted by atomic mass is 16.6. The minimum absolute atomic E-state index is 0.196. The monoisotopic (exact) mass is 242 g/mol. The maximum absolute atomic E-state index is 10.1. The minimum Gasteiger partial charge on any atom is -0.466 e. The zero-order valence-corrected chi connectivity index (χ0v) is 9.47. The molecule has 0 aromatic heterocycles. The lowest BCUT2D eigenvalue weighted by molar-refractivity contribution is -0.154. The molecule has 0 amide bonds. The highest BCUT2D eigenvalue weighted by Crippen LogP contribution is 2.05. The van der Waals surface area contributed by atoms with Crippen molar-refractivity contribution < 1.29 is 29.0 Å². The van der Waals surface area contributed by atoms with Gasteiger partial charge >= 0.3 is 17.9 Å². The average Bonchev–Trinajstić information content (AvgIpc) is 2.57. The van der Waals surface area contributed by atoms with E-state index in [4.69, 9.17) is 5.11 Å². The predicted octanol–water partition coefficient (Wildman–Crippen LogP) is 0.123. The first kappa shape index (κ1) is 17.2. The van der Waals surface area contributed by atoms with Crippen LogP contribution in [0.15, 0.2) is 31.5 Å². The fraction of sp³-hybridized carbons (Fsp3) is 0.273. The third-order valence-corrected chi connectivity index (χ3v) is 1.21. The minimum atomic E-state index is -1.22. The van der Waals surface area contributed by atoms with Gasteiger partial charge in [0.25, 0.3) is 0 Å². The predicted molar refractivity (Wildman–Crippen MR) is 58.7 cm³/mol. The molecule has 0 bridgehead atoms. The Morgan fingerprint density at radius 1 is 1.59 bits per heavy atom. The van der Waals surface area contributed by atoms with E-state index in [1.807, 2.05) is 0 Å². The Kier molecular flexibility index (Phi) is 10.5. The average molecular weight is 242 g/mol. The van der Waals surface area contributed by atoms with Crippen molar-refractivity contribution in [2.24, 2.45) is 0 Å². The van der Waals surface area contributed by atoms with Gasteiger partial charge in [-0.1, -0.05) is 19.7 Å². The molecular formula is C11H14O6. The van der Waals surface area contributed by atoms with Crippen molar-refractivity contribution in [3.63, 3.8) is 0 Å². The van der Waals surface area contributed by atoms with Gasteiger partial charge in [0.05, 0.1) is 13.5 Å². The number of methoxy groups -OCH3 is 1. The number of hydrogen-bond acceptors (Lipinski definition) is 6. The topological polar surface area (TPSA) is 89.9 Å². The third-order valence-electron chi connectivity index (χ3n) is 1.21. The standard InChI is InChI=1S/C4H4O4.C4H6O2.C3H4/c5-2-1-3(6)8-4(2)7;1-3-4(5)6-2;1-3-2/h2,5H,1H2;3H,1H2,2H3;1-2H2. The summed E-state index contributed by atoms with van der Waals surface area (Å²) in [7, 11) is 1.31. The van der Waals surface area contributed by atoms with Gasteiger partial charge in [-0.05, 0) is 0 Å². The molecule has 0 aromatic rings. The molecule has 6 nitrogen and oxygen atoms in total. The van der Waals surface area contributed by atoms with Gasteiger partial charge in [0.15, 0.2) is 6.10 Å². The molecule has 1 rings (SSSR count). The number of aliphatic hydroxyl groups is 1. The highest BCUT2D eigenvalue weighted by Gasteiger charge is 2.30. The summed E-state index contributed by atoms with van der Waals surface area (Å²) in [4.78, 5) is 30.0. The summed E-state index contributed by atoms with van der Waals surface area (Å²) >= 11 is 0. The van der Waals surface area contributed by atoms with Crippen LogP contribution < -0.4 is 0 Å². The Bertz CT molecular complexity index is 325. The van der Waals surface area contributed by atoms with Crippen molar-refractivity contribution in [2.75, 3.05) is 7.11 Å². The van der Waals surface area contributed by atoms with Gasteiger partial charge in [-0.2, -0.15) is 0 Å². The second-order valence-electron chi connectivity index (χ2n) is 2.49. The first-order valence-corrected chi connectivity index (χ1v) is 4.35. The van der Waals surface area contributed by atoms with E-state index < -0.39 is 24.0 Å². The van der Waals surface area contributed by atoms with Crippen LogP contribution >= 0.6 is 0 Å². The lowest BCUT2D eigenvalue weighted by atomic mass is 10.3. The molecule has 1 atom stereocenters. The van der Waals surface area contributed by atoms with Crippen molar-refractivity contribution in [1.82, 2.24) is 0 Å². The van der Waals surface area contributed by atoms with E-state index in [-0.39, 0.29) is 6.42 Å². The molecular weight excluding hydrogens is 228 g/mol. The van der Waals surface area contributed by atoms with Crippen molar-refractivity contribution in [3.8, 4) is 0 Å². The molecule has 0 aromatic carbocycles. The fourth-order valence-corrected chi connectivity index (χ4v) is 0.546. The SMILES string of the molecule is C=C=C.C=CC(=O)OC.O=C1CC(O)C(=O)O1. The molecule has 0 radical (unpaired) electrons. The van der Waals surface area contributed by atoms with Crippen LogP contribution in [0.25, 0.3) is 0 Å². The Morgan fingerprint density at radius 3 is 2.12 bits per heavy atom. The van der Waals surface area contributed by atoms with Crippen LogP contribution in [0.4, 0.5) is 0 Å². The van der Waals surface area contributed by atoms with Crippen LogP contribution in [0.1, 0.15) is 6.42 Å². The second-order valence-corrected chi connectivity index (χ2v) is 2.49. The summed E-state index contributed by atoms with van der Waals surface area (Å²) in [5.74, 6) is -1.88. The number of cyclic esters (lactones) is 2. The summed E-state index contributed by atoms with van der Waals surface area (Å²) < 4.78 is 8.09. The Hall–Kier alpha value is -2.17. The molecule has 1 fully saturated rings. The second kappa shape index (κ2) is 10.4. The molecule has 0 saturated carbocycles. The van der Waals surface area contributed by atoms with Gasteiger partial charge < -0.3 is 14.6 Å². The van der Waals surface area contributed by atoms with Gasteiger partial charge in [0, 0.05) is 6.08 Å². The van der Waals surface area contributed by atoms with Gasteiger partial charge in [-0.25, -0.2) is 9.59 Å². The molecule has 1 aliphatic rings. The number of rotatable bonds is 1. The van der Waals surface area contributed by atoms with E-state index in [1.165, 1.54) is 7.11 Å². The number of ether oxygens (including phenoxy) is 2. The number of aliphatic hydroxyl groups excluding tert-OH is 1. The molecule has 1 saturated heterocycles. The number of esters is 3. The quantitative estimate of drug-likeness (QED) is 0.304. The summed E-state index contributed by atoms with van der Waals surface area (Å²) in [6.45, 7) is 9.41. The Labute approximate surface area is 98.8 Å². The summed E-state index contributed by atoms with van der Waals surface area (Å²) in [6, 6.07) is 0. The first-order chi connectivity index (χ1) is 7.92. The fourth-order valence-electron chi connectivity index (χ4n) is 0.546. The Morgan fingerprint density at radius 2 is 2.06 bits per heavy atom. The number of hydrogen-bond donors (Lipinski definition) is 1. The largest absolute Gasteiger partial charge is 0.466 e. The maximum Gasteiger partial charge on any atom is 0.343 e. The molecule has 1 aliphatic heterocycles. The van der Waals surface area contributed by atoms with Crippen LogP contribution in [0.5, 0.6) is 0 Å². The summed E-state index contributed by atoms with van der Waals surface area (Å²) in [5.41, 5.74) is 2.25. The zero-order valence-electron chi connectivity index (χ0n) is 9.47. The van der Waals surface area contributed by atoms with E-state index in [0.29, 0.717) is 0 Å². The summed E-state index contributed by atoms with van der Waals surface area (Å²) in [6.07, 6.45) is -0.304. The van der Waals surface area contributed by atoms with Gasteiger partial charge in [-0.15, -0.1) is 5.73 Å². The molecule has 1 unspecified atom stereocenters. The molecule has 1 heterocycles. The van der Waals surface area contributed by atoms with Crippen molar-refractivity contribution in [2.45, 2.75) is 12.5 Å². The molecule has 94 valence electrons. The van der Waals surface area contributed by atoms with Gasteiger partial charge in [0.1, 0.15) is 0 Å².